The Labute approximate surface area is 134 Å². The minimum atomic E-state index is -0.417. The fraction of sp³-hybridized carbons (Fsp3) is 0.500. The van der Waals surface area contributed by atoms with Crippen molar-refractivity contribution < 1.29 is 9.53 Å². The molecule has 0 atom stereocenters. The first-order valence-electron chi connectivity index (χ1n) is 8.06. The topological polar surface area (TPSA) is 29.5 Å². The molecule has 0 aliphatic carbocycles. The summed E-state index contributed by atoms with van der Waals surface area (Å²) < 4.78 is 5.42. The first kappa shape index (κ1) is 16.7. The van der Waals surface area contributed by atoms with Gasteiger partial charge < -0.3 is 9.64 Å². The molecular formula is C18H26BNO2. The van der Waals surface area contributed by atoms with Crippen LogP contribution in [-0.4, -0.2) is 37.5 Å². The van der Waals surface area contributed by atoms with Crippen molar-refractivity contribution in [2.75, 3.05) is 13.1 Å². The summed E-state index contributed by atoms with van der Waals surface area (Å²) in [4.78, 5) is 13.8. The third-order valence-corrected chi connectivity index (χ3v) is 3.83. The standard InChI is InChI=1S/C18H26BNO2/c1-18(2,3)22-17(21)20-12-10-15(11-13-20)5-4-14-6-8-16(19)9-7-14/h4-9,15H,10-13,19H2,1-3H3/b5-4+. The first-order valence-corrected chi connectivity index (χ1v) is 8.06. The molecule has 1 aliphatic heterocycles. The van der Waals surface area contributed by atoms with Gasteiger partial charge in [-0.3, -0.25) is 0 Å². The van der Waals surface area contributed by atoms with Gasteiger partial charge in [0.1, 0.15) is 13.4 Å². The number of ether oxygens (including phenoxy) is 1. The average molecular weight is 299 g/mol. The highest BCUT2D eigenvalue weighted by atomic mass is 16.6. The molecule has 0 N–H and O–H groups in total. The van der Waals surface area contributed by atoms with Crippen LogP contribution in [0.25, 0.3) is 6.08 Å². The van der Waals surface area contributed by atoms with Crippen LogP contribution in [-0.2, 0) is 4.74 Å². The molecule has 1 saturated heterocycles. The smallest absolute Gasteiger partial charge is 0.410 e. The molecule has 2 rings (SSSR count). The number of amides is 1. The van der Waals surface area contributed by atoms with Gasteiger partial charge in [0.25, 0.3) is 0 Å². The summed E-state index contributed by atoms with van der Waals surface area (Å²) in [6, 6.07) is 8.54. The van der Waals surface area contributed by atoms with E-state index in [1.807, 2.05) is 25.7 Å². The van der Waals surface area contributed by atoms with Crippen LogP contribution >= 0.6 is 0 Å². The maximum Gasteiger partial charge on any atom is 0.410 e. The predicted molar refractivity (Wildman–Crippen MR) is 94.2 cm³/mol. The Hall–Kier alpha value is -1.71. The Morgan fingerprint density at radius 3 is 2.36 bits per heavy atom. The van der Waals surface area contributed by atoms with Gasteiger partial charge in [0, 0.05) is 13.1 Å². The van der Waals surface area contributed by atoms with E-state index in [1.165, 1.54) is 11.0 Å². The lowest BCUT2D eigenvalue weighted by atomic mass is 9.93. The van der Waals surface area contributed by atoms with Gasteiger partial charge in [-0.05, 0) is 45.1 Å². The molecule has 0 aromatic heterocycles. The van der Waals surface area contributed by atoms with Crippen molar-refractivity contribution >= 4 is 25.5 Å². The number of allylic oxidation sites excluding steroid dienone is 1. The first-order chi connectivity index (χ1) is 10.3. The lowest BCUT2D eigenvalue weighted by molar-refractivity contribution is 0.0197. The summed E-state index contributed by atoms with van der Waals surface area (Å²) in [5.41, 5.74) is 2.10. The molecule has 4 heteroatoms. The van der Waals surface area contributed by atoms with Crippen LogP contribution < -0.4 is 5.46 Å². The number of rotatable bonds is 2. The fourth-order valence-electron chi connectivity index (χ4n) is 2.53. The number of likely N-dealkylation sites (tertiary alicyclic amines) is 1. The molecule has 0 saturated carbocycles. The Balaban J connectivity index is 1.82. The molecular weight excluding hydrogens is 273 g/mol. The molecule has 22 heavy (non-hydrogen) atoms. The van der Waals surface area contributed by atoms with Crippen LogP contribution in [0.2, 0.25) is 0 Å². The van der Waals surface area contributed by atoms with E-state index in [0.29, 0.717) is 5.92 Å². The van der Waals surface area contributed by atoms with E-state index in [9.17, 15) is 4.79 Å². The normalized spacial score (nSPS) is 17.0. The minimum absolute atomic E-state index is 0.187. The van der Waals surface area contributed by atoms with Crippen molar-refractivity contribution in [2.45, 2.75) is 39.2 Å². The number of carbonyl (C=O) groups excluding carboxylic acids is 1. The van der Waals surface area contributed by atoms with Gasteiger partial charge >= 0.3 is 6.09 Å². The molecule has 1 heterocycles. The summed E-state index contributed by atoms with van der Waals surface area (Å²) >= 11 is 0. The SMILES string of the molecule is Bc1ccc(/C=C/C2CCN(C(=O)OC(C)(C)C)CC2)cc1. The van der Waals surface area contributed by atoms with Crippen LogP contribution in [0.1, 0.15) is 39.2 Å². The Kier molecular flexibility index (Phi) is 5.33. The van der Waals surface area contributed by atoms with Gasteiger partial charge in [-0.15, -0.1) is 0 Å². The van der Waals surface area contributed by atoms with Gasteiger partial charge in [0.05, 0.1) is 0 Å². The van der Waals surface area contributed by atoms with Gasteiger partial charge in [-0.1, -0.05) is 41.9 Å². The van der Waals surface area contributed by atoms with Gasteiger partial charge in [0.2, 0.25) is 0 Å². The number of hydrogen-bond acceptors (Lipinski definition) is 2. The Bertz CT molecular complexity index is 523. The average Bonchev–Trinajstić information content (AvgIpc) is 2.45. The molecule has 0 spiro atoms. The molecule has 118 valence electrons. The van der Waals surface area contributed by atoms with E-state index in [0.717, 1.165) is 25.9 Å². The molecule has 0 radical (unpaired) electrons. The zero-order chi connectivity index (χ0) is 16.2. The van der Waals surface area contributed by atoms with Gasteiger partial charge in [0.15, 0.2) is 0 Å². The third kappa shape index (κ3) is 5.25. The highest BCUT2D eigenvalue weighted by Crippen LogP contribution is 2.21. The van der Waals surface area contributed by atoms with Crippen molar-refractivity contribution in [2.24, 2.45) is 5.92 Å². The molecule has 1 fully saturated rings. The second-order valence-electron chi connectivity index (χ2n) is 7.07. The lowest BCUT2D eigenvalue weighted by Crippen LogP contribution is -2.41. The summed E-state index contributed by atoms with van der Waals surface area (Å²) in [5.74, 6) is 0.542. The summed E-state index contributed by atoms with van der Waals surface area (Å²) in [6.45, 7) is 7.27. The van der Waals surface area contributed by atoms with E-state index in [1.54, 1.807) is 0 Å². The number of hydrogen-bond donors (Lipinski definition) is 0. The van der Waals surface area contributed by atoms with Crippen LogP contribution in [0.3, 0.4) is 0 Å². The van der Waals surface area contributed by atoms with Crippen LogP contribution in [0.5, 0.6) is 0 Å². The van der Waals surface area contributed by atoms with Crippen LogP contribution in [0.4, 0.5) is 4.79 Å². The Morgan fingerprint density at radius 1 is 1.23 bits per heavy atom. The highest BCUT2D eigenvalue weighted by Gasteiger charge is 2.25. The number of nitrogens with zero attached hydrogens (tertiary/aromatic N) is 1. The van der Waals surface area contributed by atoms with E-state index in [4.69, 9.17) is 4.74 Å². The maximum atomic E-state index is 12.0. The Morgan fingerprint density at radius 2 is 1.82 bits per heavy atom. The monoisotopic (exact) mass is 299 g/mol. The predicted octanol–water partition coefficient (Wildman–Crippen LogP) is 2.61. The van der Waals surface area contributed by atoms with Crippen molar-refractivity contribution in [1.29, 1.82) is 0 Å². The van der Waals surface area contributed by atoms with Crippen molar-refractivity contribution in [3.05, 3.63) is 35.9 Å². The van der Waals surface area contributed by atoms with E-state index in [2.05, 4.69) is 44.3 Å². The summed E-state index contributed by atoms with van der Waals surface area (Å²) in [5, 5.41) is 0. The van der Waals surface area contributed by atoms with Gasteiger partial charge in [-0.25, -0.2) is 4.79 Å². The zero-order valence-corrected chi connectivity index (χ0v) is 14.1. The quantitative estimate of drug-likeness (QED) is 0.786. The van der Waals surface area contributed by atoms with Gasteiger partial charge in [-0.2, -0.15) is 0 Å². The largest absolute Gasteiger partial charge is 0.444 e. The lowest BCUT2D eigenvalue weighted by Gasteiger charge is -2.32. The molecule has 1 aliphatic rings. The van der Waals surface area contributed by atoms with Crippen LogP contribution in [0, 0.1) is 5.92 Å². The molecule has 1 aromatic rings. The van der Waals surface area contributed by atoms with Crippen molar-refractivity contribution in [3.63, 3.8) is 0 Å². The third-order valence-electron chi connectivity index (χ3n) is 3.83. The van der Waals surface area contributed by atoms with E-state index < -0.39 is 5.60 Å². The second-order valence-corrected chi connectivity index (χ2v) is 7.07. The van der Waals surface area contributed by atoms with Crippen molar-refractivity contribution in [3.8, 4) is 0 Å². The second kappa shape index (κ2) is 7.04. The molecule has 1 aromatic carbocycles. The van der Waals surface area contributed by atoms with Crippen molar-refractivity contribution in [1.82, 2.24) is 4.90 Å². The zero-order valence-electron chi connectivity index (χ0n) is 14.1. The fourth-order valence-corrected chi connectivity index (χ4v) is 2.53. The van der Waals surface area contributed by atoms with E-state index in [-0.39, 0.29) is 6.09 Å². The number of carbonyl (C=O) groups is 1. The summed E-state index contributed by atoms with van der Waals surface area (Å²) in [6.07, 6.45) is 6.28. The number of piperidine rings is 1. The van der Waals surface area contributed by atoms with Crippen LogP contribution in [0.15, 0.2) is 30.3 Å². The summed E-state index contributed by atoms with van der Waals surface area (Å²) in [7, 11) is 2.10. The molecule has 3 nitrogen and oxygen atoms in total. The van der Waals surface area contributed by atoms with E-state index >= 15 is 0 Å². The molecule has 0 bridgehead atoms. The minimum Gasteiger partial charge on any atom is -0.444 e. The molecule has 0 unspecified atom stereocenters. The maximum absolute atomic E-state index is 12.0. The molecule has 1 amide bonds. The highest BCUT2D eigenvalue weighted by molar-refractivity contribution is 6.32. The number of benzene rings is 1.